The molecule has 0 bridgehead atoms. The molecule has 32 heavy (non-hydrogen) atoms. The first-order valence-corrected chi connectivity index (χ1v) is 12.1. The molecule has 2 heterocycles. The fourth-order valence-electron chi connectivity index (χ4n) is 3.48. The maximum absolute atomic E-state index is 12.8. The number of hydrogen-bond donors (Lipinski definition) is 1. The smallest absolute Gasteiger partial charge is 0.253 e. The number of nitrogens with zero attached hydrogens (tertiary/aromatic N) is 2. The lowest BCUT2D eigenvalue weighted by Gasteiger charge is -2.10. The highest BCUT2D eigenvalue weighted by Gasteiger charge is 2.20. The second kappa shape index (κ2) is 11.7. The summed E-state index contributed by atoms with van der Waals surface area (Å²) in [6.07, 6.45) is 4.18. The average molecular weight is 456 g/mol. The van der Waals surface area contributed by atoms with Gasteiger partial charge in [0.05, 0.1) is 24.1 Å². The molecule has 0 unspecified atom stereocenters. The molecule has 3 aromatic rings. The van der Waals surface area contributed by atoms with E-state index in [9.17, 15) is 4.79 Å². The molecule has 0 aliphatic rings. The van der Waals surface area contributed by atoms with Gasteiger partial charge in [-0.25, -0.2) is 4.98 Å². The summed E-state index contributed by atoms with van der Waals surface area (Å²) in [7, 11) is 1.64. The monoisotopic (exact) mass is 455 g/mol. The second-order valence-corrected chi connectivity index (χ2v) is 8.68. The van der Waals surface area contributed by atoms with Crippen LogP contribution in [0.25, 0.3) is 11.4 Å². The van der Waals surface area contributed by atoms with Crippen molar-refractivity contribution in [3.8, 4) is 22.9 Å². The number of benzene rings is 1. The molecule has 2 aromatic heterocycles. The van der Waals surface area contributed by atoms with Gasteiger partial charge in [0.2, 0.25) is 0 Å². The maximum atomic E-state index is 12.8. The number of hydrogen-bond acceptors (Lipinski definition) is 5. The molecule has 0 spiro atoms. The zero-order valence-corrected chi connectivity index (χ0v) is 20.3. The average Bonchev–Trinajstić information content (AvgIpc) is 3.41. The first-order chi connectivity index (χ1) is 15.6. The van der Waals surface area contributed by atoms with E-state index >= 15 is 0 Å². The van der Waals surface area contributed by atoms with Gasteiger partial charge in [-0.05, 0) is 50.1 Å². The number of methoxy groups -OCH3 is 1. The Morgan fingerprint density at radius 2 is 1.84 bits per heavy atom. The minimum Gasteiger partial charge on any atom is -0.497 e. The third-order valence-electron chi connectivity index (χ3n) is 5.40. The zero-order chi connectivity index (χ0) is 22.9. The highest BCUT2D eigenvalue weighted by Crippen LogP contribution is 2.29. The summed E-state index contributed by atoms with van der Waals surface area (Å²) in [5.74, 6) is 1.56. The summed E-state index contributed by atoms with van der Waals surface area (Å²) < 4.78 is 13.3. The van der Waals surface area contributed by atoms with Crippen LogP contribution in [0.5, 0.6) is 11.5 Å². The number of aromatic nitrogens is 2. The molecule has 1 N–H and O–H groups in total. The fraction of sp³-hybridized carbons (Fsp3) is 0.440. The van der Waals surface area contributed by atoms with Crippen molar-refractivity contribution in [2.75, 3.05) is 13.7 Å². The minimum atomic E-state index is -0.00857. The molecule has 0 saturated carbocycles. The zero-order valence-electron chi connectivity index (χ0n) is 19.4. The Hall–Kier alpha value is -2.80. The summed E-state index contributed by atoms with van der Waals surface area (Å²) >= 11 is 1.57. The van der Waals surface area contributed by atoms with Crippen LogP contribution in [-0.2, 0) is 13.2 Å². The van der Waals surface area contributed by atoms with E-state index in [0.717, 1.165) is 71.4 Å². The van der Waals surface area contributed by atoms with Crippen molar-refractivity contribution >= 4 is 17.2 Å². The molecule has 3 rings (SSSR count). The fourth-order valence-corrected chi connectivity index (χ4v) is 4.18. The second-order valence-electron chi connectivity index (χ2n) is 7.73. The van der Waals surface area contributed by atoms with Crippen LogP contribution in [0.2, 0.25) is 0 Å². The van der Waals surface area contributed by atoms with Gasteiger partial charge in [0.1, 0.15) is 23.1 Å². The van der Waals surface area contributed by atoms with Crippen molar-refractivity contribution in [3.05, 3.63) is 52.0 Å². The molecule has 0 saturated heterocycles. The molecule has 0 aliphatic carbocycles. The van der Waals surface area contributed by atoms with Gasteiger partial charge >= 0.3 is 0 Å². The molecule has 0 atom stereocenters. The lowest BCUT2D eigenvalue weighted by atomic mass is 10.2. The number of unbranched alkanes of at least 4 members (excludes halogenated alkanes) is 2. The molecular weight excluding hydrogens is 422 g/mol. The quantitative estimate of drug-likeness (QED) is 0.349. The molecule has 6 nitrogen and oxygen atoms in total. The molecular formula is C25H33N3O3S. The Bertz CT molecular complexity index is 1010. The van der Waals surface area contributed by atoms with Crippen LogP contribution in [0.15, 0.2) is 35.7 Å². The summed E-state index contributed by atoms with van der Waals surface area (Å²) in [6, 6.07) is 9.50. The van der Waals surface area contributed by atoms with Gasteiger partial charge < -0.3 is 19.4 Å². The van der Waals surface area contributed by atoms with Crippen LogP contribution >= 0.6 is 11.3 Å². The van der Waals surface area contributed by atoms with Crippen molar-refractivity contribution in [3.63, 3.8) is 0 Å². The number of nitrogens with one attached hydrogen (secondary N) is 1. The van der Waals surface area contributed by atoms with Gasteiger partial charge in [-0.2, -0.15) is 0 Å². The molecule has 1 aromatic carbocycles. The first kappa shape index (κ1) is 23.9. The Balaban J connectivity index is 1.77. The van der Waals surface area contributed by atoms with Crippen LogP contribution in [0.3, 0.4) is 0 Å². The number of rotatable bonds is 12. The highest BCUT2D eigenvalue weighted by molar-refractivity contribution is 7.09. The number of amides is 1. The Morgan fingerprint density at radius 3 is 2.53 bits per heavy atom. The number of carbonyl (C=O) groups excluding carboxylic acids is 1. The molecule has 0 fully saturated rings. The summed E-state index contributed by atoms with van der Waals surface area (Å²) in [6.45, 7) is 8.29. The molecule has 7 heteroatoms. The lowest BCUT2D eigenvalue weighted by molar-refractivity contribution is 0.0952. The van der Waals surface area contributed by atoms with E-state index in [0.29, 0.717) is 13.2 Å². The number of carbonyl (C=O) groups is 1. The predicted octanol–water partition coefficient (Wildman–Crippen LogP) is 5.84. The summed E-state index contributed by atoms with van der Waals surface area (Å²) in [5, 5.41) is 5.98. The largest absolute Gasteiger partial charge is 0.497 e. The Morgan fingerprint density at radius 1 is 1.12 bits per heavy atom. The van der Waals surface area contributed by atoms with E-state index in [1.54, 1.807) is 18.4 Å². The van der Waals surface area contributed by atoms with Gasteiger partial charge in [-0.15, -0.1) is 11.3 Å². The topological polar surface area (TPSA) is 65.4 Å². The van der Waals surface area contributed by atoms with E-state index in [4.69, 9.17) is 14.5 Å². The van der Waals surface area contributed by atoms with Gasteiger partial charge in [0, 0.05) is 24.2 Å². The van der Waals surface area contributed by atoms with Crippen LogP contribution in [0.1, 0.15) is 60.6 Å². The normalized spacial score (nSPS) is 10.9. The van der Waals surface area contributed by atoms with E-state index < -0.39 is 0 Å². The molecule has 1 amide bonds. The van der Waals surface area contributed by atoms with Crippen molar-refractivity contribution in [2.24, 2.45) is 0 Å². The van der Waals surface area contributed by atoms with Gasteiger partial charge in [-0.3, -0.25) is 4.79 Å². The van der Waals surface area contributed by atoms with Crippen LogP contribution in [-0.4, -0.2) is 29.1 Å². The van der Waals surface area contributed by atoms with Crippen LogP contribution in [0.4, 0.5) is 0 Å². The predicted molar refractivity (Wildman–Crippen MR) is 130 cm³/mol. The van der Waals surface area contributed by atoms with Crippen LogP contribution < -0.4 is 14.8 Å². The molecule has 172 valence electrons. The summed E-state index contributed by atoms with van der Waals surface area (Å²) in [4.78, 5) is 17.6. The van der Waals surface area contributed by atoms with Crippen molar-refractivity contribution < 1.29 is 14.3 Å². The summed E-state index contributed by atoms with van der Waals surface area (Å²) in [5.41, 5.74) is 3.60. The first-order valence-electron chi connectivity index (χ1n) is 11.3. The van der Waals surface area contributed by atoms with E-state index in [2.05, 4.69) is 23.7 Å². The van der Waals surface area contributed by atoms with E-state index in [-0.39, 0.29) is 5.91 Å². The van der Waals surface area contributed by atoms with Crippen molar-refractivity contribution in [1.29, 1.82) is 0 Å². The third-order valence-corrected chi connectivity index (χ3v) is 6.22. The van der Waals surface area contributed by atoms with Gasteiger partial charge in [-0.1, -0.05) is 26.7 Å². The number of ether oxygens (including phenoxy) is 2. The van der Waals surface area contributed by atoms with E-state index in [1.165, 1.54) is 0 Å². The lowest BCUT2D eigenvalue weighted by Crippen LogP contribution is -2.24. The molecule has 0 aliphatic heterocycles. The van der Waals surface area contributed by atoms with Crippen LogP contribution in [0, 0.1) is 6.92 Å². The minimum absolute atomic E-state index is 0.00857. The highest BCUT2D eigenvalue weighted by atomic mass is 32.1. The Kier molecular flexibility index (Phi) is 8.73. The SMILES string of the molecule is CCCCNC(=O)c1cc(-c2csc(COc3ccc(OC)cc3)n2)n(CCCC)c1C. The molecule has 0 radical (unpaired) electrons. The third kappa shape index (κ3) is 5.91. The number of thiazole rings is 1. The van der Waals surface area contributed by atoms with Crippen molar-refractivity contribution in [1.82, 2.24) is 14.9 Å². The Labute approximate surface area is 194 Å². The maximum Gasteiger partial charge on any atom is 0.253 e. The van der Waals surface area contributed by atoms with Crippen molar-refractivity contribution in [2.45, 2.75) is 59.6 Å². The van der Waals surface area contributed by atoms with Gasteiger partial charge in [0.25, 0.3) is 5.91 Å². The van der Waals surface area contributed by atoms with Gasteiger partial charge in [0.15, 0.2) is 0 Å². The van der Waals surface area contributed by atoms with E-state index in [1.807, 2.05) is 42.6 Å². The standard InChI is InChI=1S/C25H33N3O3S/c1-5-7-13-26-25(29)21-15-23(28(18(21)3)14-8-6-2)22-17-32-24(27-22)16-31-20-11-9-19(30-4)10-12-20/h9-12,15,17H,5-8,13-14,16H2,1-4H3,(H,26,29).